The first-order valence-electron chi connectivity index (χ1n) is 8.80. The molecule has 1 heterocycles. The van der Waals surface area contributed by atoms with Crippen molar-refractivity contribution < 1.29 is 19.1 Å². The van der Waals surface area contributed by atoms with Gasteiger partial charge in [-0.15, -0.1) is 0 Å². The average Bonchev–Trinajstić information content (AvgIpc) is 2.75. The Bertz CT molecular complexity index is 877. The number of anilines is 1. The van der Waals surface area contributed by atoms with Crippen molar-refractivity contribution in [1.29, 1.82) is 0 Å². The van der Waals surface area contributed by atoms with Crippen LogP contribution >= 0.6 is 0 Å². The topological polar surface area (TPSA) is 100 Å². The highest BCUT2D eigenvalue weighted by atomic mass is 16.5. The van der Waals surface area contributed by atoms with E-state index < -0.39 is 11.8 Å². The first kappa shape index (κ1) is 19.2. The van der Waals surface area contributed by atoms with Crippen molar-refractivity contribution in [2.24, 2.45) is 5.10 Å². The highest BCUT2D eigenvalue weighted by Gasteiger charge is 2.22. The van der Waals surface area contributed by atoms with E-state index in [-0.39, 0.29) is 11.6 Å². The van der Waals surface area contributed by atoms with E-state index in [0.29, 0.717) is 31.9 Å². The molecule has 1 fully saturated rings. The van der Waals surface area contributed by atoms with Gasteiger partial charge < -0.3 is 15.0 Å². The molecule has 3 amide bonds. The number of carbonyl (C=O) groups excluding carboxylic acids is 3. The Morgan fingerprint density at radius 1 is 0.929 bits per heavy atom. The lowest BCUT2D eigenvalue weighted by molar-refractivity contribution is -0.136. The van der Waals surface area contributed by atoms with E-state index >= 15 is 0 Å². The molecule has 2 aromatic rings. The zero-order valence-corrected chi connectivity index (χ0v) is 15.1. The standard InChI is InChI=1S/C20H20N4O4/c25-18(19(26)23-21-14-15-6-2-1-3-7-15)22-17-9-5-4-8-16(17)20(27)24-10-12-28-13-11-24/h1-9,14H,10-13H2,(H,22,25)(H,23,26). The third kappa shape index (κ3) is 5.01. The van der Waals surface area contributed by atoms with Crippen molar-refractivity contribution in [3.63, 3.8) is 0 Å². The molecule has 0 aliphatic carbocycles. The number of hydrogen-bond donors (Lipinski definition) is 2. The van der Waals surface area contributed by atoms with Crippen molar-refractivity contribution in [2.45, 2.75) is 0 Å². The minimum atomic E-state index is -0.930. The van der Waals surface area contributed by atoms with Gasteiger partial charge in [-0.3, -0.25) is 14.4 Å². The van der Waals surface area contributed by atoms with Crippen LogP contribution in [0.2, 0.25) is 0 Å². The molecule has 3 rings (SSSR count). The third-order valence-electron chi connectivity index (χ3n) is 4.09. The Morgan fingerprint density at radius 2 is 1.61 bits per heavy atom. The summed E-state index contributed by atoms with van der Waals surface area (Å²) in [5.74, 6) is -2.06. The second kappa shape index (κ2) is 9.43. The predicted octanol–water partition coefficient (Wildman–Crippen LogP) is 1.25. The zero-order valence-electron chi connectivity index (χ0n) is 15.1. The van der Waals surface area contributed by atoms with Crippen LogP contribution in [0.15, 0.2) is 59.7 Å². The van der Waals surface area contributed by atoms with Crippen molar-refractivity contribution in [3.8, 4) is 0 Å². The maximum atomic E-state index is 12.7. The molecule has 28 heavy (non-hydrogen) atoms. The van der Waals surface area contributed by atoms with Crippen LogP contribution in [0.4, 0.5) is 5.69 Å². The first-order chi connectivity index (χ1) is 13.6. The molecule has 8 heteroatoms. The van der Waals surface area contributed by atoms with Gasteiger partial charge in [0, 0.05) is 13.1 Å². The molecule has 2 N–H and O–H groups in total. The van der Waals surface area contributed by atoms with Crippen LogP contribution in [0.5, 0.6) is 0 Å². The number of morpholine rings is 1. The number of carbonyl (C=O) groups is 3. The lowest BCUT2D eigenvalue weighted by Gasteiger charge is -2.27. The Labute approximate surface area is 162 Å². The number of nitrogens with one attached hydrogen (secondary N) is 2. The highest BCUT2D eigenvalue weighted by Crippen LogP contribution is 2.18. The van der Waals surface area contributed by atoms with Crippen molar-refractivity contribution in [1.82, 2.24) is 10.3 Å². The first-order valence-corrected chi connectivity index (χ1v) is 8.80. The van der Waals surface area contributed by atoms with Crippen molar-refractivity contribution >= 4 is 29.6 Å². The fourth-order valence-corrected chi connectivity index (χ4v) is 2.65. The molecule has 144 valence electrons. The maximum absolute atomic E-state index is 12.7. The number of hydrazone groups is 1. The minimum absolute atomic E-state index is 0.221. The molecule has 0 saturated carbocycles. The van der Waals surface area contributed by atoms with Crippen LogP contribution in [0.1, 0.15) is 15.9 Å². The summed E-state index contributed by atoms with van der Waals surface area (Å²) in [6.45, 7) is 1.91. The highest BCUT2D eigenvalue weighted by molar-refractivity contribution is 6.40. The number of ether oxygens (including phenoxy) is 1. The van der Waals surface area contributed by atoms with Crippen LogP contribution in [-0.4, -0.2) is 55.1 Å². The van der Waals surface area contributed by atoms with Gasteiger partial charge in [0.1, 0.15) is 0 Å². The predicted molar refractivity (Wildman–Crippen MR) is 104 cm³/mol. The van der Waals surface area contributed by atoms with Gasteiger partial charge in [-0.25, -0.2) is 5.43 Å². The van der Waals surface area contributed by atoms with E-state index in [2.05, 4.69) is 15.8 Å². The number of hydrogen-bond acceptors (Lipinski definition) is 5. The van der Waals surface area contributed by atoms with Crippen LogP contribution < -0.4 is 10.7 Å². The number of amides is 3. The molecular formula is C20H20N4O4. The third-order valence-corrected chi connectivity index (χ3v) is 4.09. The number of benzene rings is 2. The number of para-hydroxylation sites is 1. The van der Waals surface area contributed by atoms with E-state index in [4.69, 9.17) is 4.74 Å². The quantitative estimate of drug-likeness (QED) is 0.474. The van der Waals surface area contributed by atoms with E-state index in [1.807, 2.05) is 30.3 Å². The van der Waals surface area contributed by atoms with Crippen molar-refractivity contribution in [3.05, 3.63) is 65.7 Å². The number of rotatable bonds is 4. The monoisotopic (exact) mass is 380 g/mol. The molecule has 0 bridgehead atoms. The molecule has 0 unspecified atom stereocenters. The maximum Gasteiger partial charge on any atom is 0.329 e. The summed E-state index contributed by atoms with van der Waals surface area (Å²) in [5, 5.41) is 6.24. The second-order valence-electron chi connectivity index (χ2n) is 6.01. The van der Waals surface area contributed by atoms with E-state index in [0.717, 1.165) is 5.56 Å². The fourth-order valence-electron chi connectivity index (χ4n) is 2.65. The summed E-state index contributed by atoms with van der Waals surface area (Å²) in [7, 11) is 0. The summed E-state index contributed by atoms with van der Waals surface area (Å²) in [5.41, 5.74) is 3.54. The molecule has 1 aliphatic rings. The smallest absolute Gasteiger partial charge is 0.329 e. The van der Waals surface area contributed by atoms with E-state index in [1.165, 1.54) is 6.21 Å². The summed E-state index contributed by atoms with van der Waals surface area (Å²) in [4.78, 5) is 38.5. The van der Waals surface area contributed by atoms with Crippen LogP contribution in [0.25, 0.3) is 0 Å². The molecule has 0 radical (unpaired) electrons. The largest absolute Gasteiger partial charge is 0.378 e. The SMILES string of the molecule is O=C(NN=Cc1ccccc1)C(=O)Nc1ccccc1C(=O)N1CCOCC1. The molecule has 0 spiro atoms. The van der Waals surface area contributed by atoms with Gasteiger partial charge >= 0.3 is 11.8 Å². The Balaban J connectivity index is 1.62. The summed E-state index contributed by atoms with van der Waals surface area (Å²) in [6, 6.07) is 15.7. The van der Waals surface area contributed by atoms with Gasteiger partial charge in [0.15, 0.2) is 0 Å². The van der Waals surface area contributed by atoms with Crippen molar-refractivity contribution in [2.75, 3.05) is 31.6 Å². The van der Waals surface area contributed by atoms with Gasteiger partial charge in [-0.1, -0.05) is 42.5 Å². The van der Waals surface area contributed by atoms with Gasteiger partial charge in [0.05, 0.1) is 30.7 Å². The molecular weight excluding hydrogens is 360 g/mol. The normalized spacial score (nSPS) is 13.9. The van der Waals surface area contributed by atoms with E-state index in [1.54, 1.807) is 29.2 Å². The molecule has 0 atom stereocenters. The van der Waals surface area contributed by atoms with E-state index in [9.17, 15) is 14.4 Å². The van der Waals surface area contributed by atoms with Crippen LogP contribution in [0, 0.1) is 0 Å². The Kier molecular flexibility index (Phi) is 6.48. The van der Waals surface area contributed by atoms with Gasteiger partial charge in [-0.05, 0) is 17.7 Å². The second-order valence-corrected chi connectivity index (χ2v) is 6.01. The Morgan fingerprint density at radius 3 is 2.36 bits per heavy atom. The molecule has 2 aromatic carbocycles. The minimum Gasteiger partial charge on any atom is -0.378 e. The van der Waals surface area contributed by atoms with Gasteiger partial charge in [0.25, 0.3) is 5.91 Å². The molecule has 1 saturated heterocycles. The lowest BCUT2D eigenvalue weighted by atomic mass is 10.1. The summed E-state index contributed by atoms with van der Waals surface area (Å²) >= 11 is 0. The molecule has 1 aliphatic heterocycles. The summed E-state index contributed by atoms with van der Waals surface area (Å²) in [6.07, 6.45) is 1.43. The molecule has 8 nitrogen and oxygen atoms in total. The fraction of sp³-hybridized carbons (Fsp3) is 0.200. The van der Waals surface area contributed by atoms with Crippen LogP contribution in [-0.2, 0) is 14.3 Å². The van der Waals surface area contributed by atoms with Gasteiger partial charge in [0.2, 0.25) is 0 Å². The lowest BCUT2D eigenvalue weighted by Crippen LogP contribution is -2.41. The van der Waals surface area contributed by atoms with Gasteiger partial charge in [-0.2, -0.15) is 5.10 Å². The average molecular weight is 380 g/mol. The Hall–Kier alpha value is -3.52. The van der Waals surface area contributed by atoms with Crippen LogP contribution in [0.3, 0.4) is 0 Å². The zero-order chi connectivity index (χ0) is 19.8. The molecule has 0 aromatic heterocycles. The number of nitrogens with zero attached hydrogens (tertiary/aromatic N) is 2. The summed E-state index contributed by atoms with van der Waals surface area (Å²) < 4.78 is 5.25.